The molecule has 0 radical (unpaired) electrons. The Morgan fingerprint density at radius 1 is 1.23 bits per heavy atom. The molecule has 0 fully saturated rings. The van der Waals surface area contributed by atoms with Gasteiger partial charge in [0.1, 0.15) is 0 Å². The van der Waals surface area contributed by atoms with Crippen molar-refractivity contribution in [3.05, 3.63) is 0 Å². The van der Waals surface area contributed by atoms with Crippen LogP contribution in [0.2, 0.25) is 0 Å². The smallest absolute Gasteiger partial charge is 0.0894 e. The first-order valence-electron chi connectivity index (χ1n) is 5.16. The molecule has 0 aliphatic heterocycles. The number of aliphatic hydroxyl groups excluding tert-OH is 2. The van der Waals surface area contributed by atoms with E-state index >= 15 is 0 Å². The third-order valence-corrected chi connectivity index (χ3v) is 1.98. The number of nitrogens with one attached hydrogen (secondary N) is 1. The van der Waals surface area contributed by atoms with Gasteiger partial charge < -0.3 is 15.5 Å². The zero-order valence-corrected chi connectivity index (χ0v) is 8.79. The normalized spacial score (nSPS) is 13.6. The predicted octanol–water partition coefficient (Wildman–Crippen LogP) is 0.756. The van der Waals surface area contributed by atoms with Gasteiger partial charge in [-0.15, -0.1) is 0 Å². The van der Waals surface area contributed by atoms with Crippen molar-refractivity contribution >= 4 is 0 Å². The summed E-state index contributed by atoms with van der Waals surface area (Å²) < 4.78 is 0. The van der Waals surface area contributed by atoms with Crippen molar-refractivity contribution in [2.75, 3.05) is 19.7 Å². The van der Waals surface area contributed by atoms with E-state index in [1.54, 1.807) is 0 Å². The zero-order valence-electron chi connectivity index (χ0n) is 8.79. The summed E-state index contributed by atoms with van der Waals surface area (Å²) in [5.41, 5.74) is 0. The molecule has 0 saturated heterocycles. The lowest BCUT2D eigenvalue weighted by Gasteiger charge is -2.09. The van der Waals surface area contributed by atoms with Crippen molar-refractivity contribution in [2.45, 2.75) is 39.2 Å². The molecule has 0 aliphatic carbocycles. The van der Waals surface area contributed by atoms with Gasteiger partial charge in [0.2, 0.25) is 0 Å². The summed E-state index contributed by atoms with van der Waals surface area (Å²) in [6, 6.07) is 0. The van der Waals surface area contributed by atoms with Gasteiger partial charge in [-0.3, -0.25) is 0 Å². The van der Waals surface area contributed by atoms with Gasteiger partial charge in [-0.1, -0.05) is 26.7 Å². The van der Waals surface area contributed by atoms with E-state index < -0.39 is 6.10 Å². The fraction of sp³-hybridized carbons (Fsp3) is 1.00. The number of hydrogen-bond acceptors (Lipinski definition) is 3. The molecular formula is C10H23NO2. The Morgan fingerprint density at radius 3 is 2.46 bits per heavy atom. The van der Waals surface area contributed by atoms with E-state index in [1.807, 2.05) is 0 Å². The van der Waals surface area contributed by atoms with Crippen LogP contribution in [0.3, 0.4) is 0 Å². The van der Waals surface area contributed by atoms with Gasteiger partial charge in [0.05, 0.1) is 12.7 Å². The van der Waals surface area contributed by atoms with Crippen molar-refractivity contribution in [3.63, 3.8) is 0 Å². The van der Waals surface area contributed by atoms with Crippen molar-refractivity contribution in [2.24, 2.45) is 5.92 Å². The van der Waals surface area contributed by atoms with Crippen molar-refractivity contribution < 1.29 is 10.2 Å². The van der Waals surface area contributed by atoms with Crippen LogP contribution in [-0.4, -0.2) is 36.0 Å². The van der Waals surface area contributed by atoms with Crippen LogP contribution in [0.15, 0.2) is 0 Å². The van der Waals surface area contributed by atoms with Gasteiger partial charge in [-0.25, -0.2) is 0 Å². The van der Waals surface area contributed by atoms with Gasteiger partial charge in [0.25, 0.3) is 0 Å². The zero-order chi connectivity index (χ0) is 10.1. The van der Waals surface area contributed by atoms with E-state index in [1.165, 1.54) is 12.8 Å². The highest BCUT2D eigenvalue weighted by Crippen LogP contribution is 2.04. The molecule has 13 heavy (non-hydrogen) atoms. The minimum absolute atomic E-state index is 0.154. The summed E-state index contributed by atoms with van der Waals surface area (Å²) >= 11 is 0. The summed E-state index contributed by atoms with van der Waals surface area (Å²) in [5.74, 6) is 0.781. The van der Waals surface area contributed by atoms with E-state index in [0.29, 0.717) is 6.54 Å². The number of unbranched alkanes of at least 4 members (excludes halogenated alkanes) is 1. The predicted molar refractivity (Wildman–Crippen MR) is 54.7 cm³/mol. The van der Waals surface area contributed by atoms with Crippen LogP contribution in [0.5, 0.6) is 0 Å². The lowest BCUT2D eigenvalue weighted by molar-refractivity contribution is 0.0945. The quantitative estimate of drug-likeness (QED) is 0.494. The number of rotatable bonds is 8. The molecule has 3 heteroatoms. The minimum Gasteiger partial charge on any atom is -0.394 e. The number of hydrogen-bond donors (Lipinski definition) is 3. The molecule has 0 aromatic carbocycles. The largest absolute Gasteiger partial charge is 0.394 e. The molecule has 0 saturated carbocycles. The molecule has 0 heterocycles. The van der Waals surface area contributed by atoms with E-state index in [0.717, 1.165) is 18.9 Å². The molecule has 1 unspecified atom stereocenters. The average molecular weight is 189 g/mol. The highest BCUT2D eigenvalue weighted by atomic mass is 16.3. The van der Waals surface area contributed by atoms with Crippen LogP contribution in [0.25, 0.3) is 0 Å². The summed E-state index contributed by atoms with van der Waals surface area (Å²) in [4.78, 5) is 0. The molecule has 0 bridgehead atoms. The first-order chi connectivity index (χ1) is 6.16. The first kappa shape index (κ1) is 12.9. The molecule has 0 aliphatic rings. The summed E-state index contributed by atoms with van der Waals surface area (Å²) in [6.07, 6.45) is 3.05. The van der Waals surface area contributed by atoms with E-state index in [-0.39, 0.29) is 6.61 Å². The van der Waals surface area contributed by atoms with Crippen LogP contribution < -0.4 is 5.32 Å². The van der Waals surface area contributed by atoms with Crippen molar-refractivity contribution in [1.29, 1.82) is 0 Å². The second-order valence-electron chi connectivity index (χ2n) is 3.93. The molecule has 3 N–H and O–H groups in total. The Hall–Kier alpha value is -0.120. The van der Waals surface area contributed by atoms with Gasteiger partial charge >= 0.3 is 0 Å². The lowest BCUT2D eigenvalue weighted by Crippen LogP contribution is -2.29. The standard InChI is InChI=1S/C10H23NO2/c1-9(2)5-3-4-6-11-7-10(13)8-12/h9-13H,3-8H2,1-2H3. The van der Waals surface area contributed by atoms with Gasteiger partial charge in [0, 0.05) is 6.54 Å². The van der Waals surface area contributed by atoms with Crippen LogP contribution in [-0.2, 0) is 0 Å². The Bertz CT molecular complexity index is 107. The van der Waals surface area contributed by atoms with Crippen molar-refractivity contribution in [3.8, 4) is 0 Å². The minimum atomic E-state index is -0.606. The summed E-state index contributed by atoms with van der Waals surface area (Å²) in [6.45, 7) is 5.73. The molecule has 0 spiro atoms. The maximum absolute atomic E-state index is 8.99. The van der Waals surface area contributed by atoms with Crippen molar-refractivity contribution in [1.82, 2.24) is 5.32 Å². The average Bonchev–Trinajstić information content (AvgIpc) is 2.10. The first-order valence-corrected chi connectivity index (χ1v) is 5.16. The topological polar surface area (TPSA) is 52.5 Å². The molecule has 0 amide bonds. The molecule has 0 rings (SSSR count). The Balaban J connectivity index is 2.99. The Labute approximate surface area is 81.2 Å². The van der Waals surface area contributed by atoms with Crippen LogP contribution >= 0.6 is 0 Å². The highest BCUT2D eigenvalue weighted by Gasteiger charge is 1.99. The molecule has 0 aromatic rings. The summed E-state index contributed by atoms with van der Waals surface area (Å²) in [5, 5.41) is 20.6. The lowest BCUT2D eigenvalue weighted by atomic mass is 10.1. The molecule has 80 valence electrons. The SMILES string of the molecule is CC(C)CCCCNCC(O)CO. The fourth-order valence-electron chi connectivity index (χ4n) is 1.14. The molecule has 3 nitrogen and oxygen atoms in total. The second-order valence-corrected chi connectivity index (χ2v) is 3.93. The Kier molecular flexibility index (Phi) is 8.40. The molecule has 1 atom stereocenters. The maximum atomic E-state index is 8.99. The van der Waals surface area contributed by atoms with Gasteiger partial charge in [0.15, 0.2) is 0 Å². The molecular weight excluding hydrogens is 166 g/mol. The van der Waals surface area contributed by atoms with E-state index in [2.05, 4.69) is 19.2 Å². The van der Waals surface area contributed by atoms with Crippen LogP contribution in [0.1, 0.15) is 33.1 Å². The fourth-order valence-corrected chi connectivity index (χ4v) is 1.14. The van der Waals surface area contributed by atoms with E-state index in [4.69, 9.17) is 10.2 Å². The third kappa shape index (κ3) is 9.80. The second kappa shape index (κ2) is 8.48. The number of aliphatic hydroxyl groups is 2. The maximum Gasteiger partial charge on any atom is 0.0894 e. The van der Waals surface area contributed by atoms with Gasteiger partial charge in [-0.2, -0.15) is 0 Å². The monoisotopic (exact) mass is 189 g/mol. The highest BCUT2D eigenvalue weighted by molar-refractivity contribution is 4.57. The molecule has 0 aromatic heterocycles. The third-order valence-electron chi connectivity index (χ3n) is 1.98. The summed E-state index contributed by atoms with van der Waals surface area (Å²) in [7, 11) is 0. The van der Waals surface area contributed by atoms with Crippen LogP contribution in [0.4, 0.5) is 0 Å². The Morgan fingerprint density at radius 2 is 1.92 bits per heavy atom. The van der Waals surface area contributed by atoms with E-state index in [9.17, 15) is 0 Å². The van der Waals surface area contributed by atoms with Gasteiger partial charge in [-0.05, 0) is 18.9 Å². The van der Waals surface area contributed by atoms with Crippen LogP contribution in [0, 0.1) is 5.92 Å².